The average Bonchev–Trinajstić information content (AvgIpc) is 2.59. The van der Waals surface area contributed by atoms with Gasteiger partial charge in [-0.25, -0.2) is 12.7 Å². The van der Waals surface area contributed by atoms with Crippen molar-refractivity contribution in [3.63, 3.8) is 0 Å². The largest absolute Gasteiger partial charge is 0.418 e. The van der Waals surface area contributed by atoms with Crippen molar-refractivity contribution in [2.45, 2.75) is 38.8 Å². The summed E-state index contributed by atoms with van der Waals surface area (Å²) in [7, 11) is -3.44. The molecule has 5 nitrogen and oxygen atoms in total. The number of nitrogens with one attached hydrogen (secondary N) is 1. The zero-order valence-corrected chi connectivity index (χ0v) is 15.4. The number of nitrogens with zero attached hydrogens (tertiary/aromatic N) is 1. The van der Waals surface area contributed by atoms with Gasteiger partial charge in [0.2, 0.25) is 15.9 Å². The highest BCUT2D eigenvalue weighted by Crippen LogP contribution is 2.35. The van der Waals surface area contributed by atoms with Gasteiger partial charge in [0.25, 0.3) is 0 Å². The number of sulfonamides is 1. The quantitative estimate of drug-likeness (QED) is 0.806. The lowest BCUT2D eigenvalue weighted by Gasteiger charge is -2.31. The molecule has 146 valence electrons. The molecule has 0 saturated carbocycles. The highest BCUT2D eigenvalue weighted by molar-refractivity contribution is 7.89. The number of piperidine rings is 1. The highest BCUT2D eigenvalue weighted by Gasteiger charge is 2.35. The first kappa shape index (κ1) is 20.7. The molecule has 1 fully saturated rings. The van der Waals surface area contributed by atoms with E-state index in [9.17, 15) is 26.4 Å². The van der Waals surface area contributed by atoms with Crippen molar-refractivity contribution in [3.8, 4) is 0 Å². The Kier molecular flexibility index (Phi) is 6.68. The predicted octanol–water partition coefficient (Wildman–Crippen LogP) is 3.49. The minimum atomic E-state index is -4.58. The third-order valence-corrected chi connectivity index (χ3v) is 6.32. The number of hydrogen-bond acceptors (Lipinski definition) is 3. The first-order valence-electron chi connectivity index (χ1n) is 8.60. The number of benzene rings is 1. The summed E-state index contributed by atoms with van der Waals surface area (Å²) in [6.45, 7) is 2.24. The Morgan fingerprint density at radius 2 is 2.00 bits per heavy atom. The van der Waals surface area contributed by atoms with E-state index in [0.29, 0.717) is 25.8 Å². The number of carbonyl (C=O) groups is 1. The Morgan fingerprint density at radius 3 is 2.65 bits per heavy atom. The summed E-state index contributed by atoms with van der Waals surface area (Å²) in [5, 5.41) is 2.32. The van der Waals surface area contributed by atoms with E-state index in [1.807, 2.05) is 6.92 Å². The molecule has 0 bridgehead atoms. The van der Waals surface area contributed by atoms with Gasteiger partial charge in [-0.3, -0.25) is 4.79 Å². The Bertz CT molecular complexity index is 735. The van der Waals surface area contributed by atoms with Crippen molar-refractivity contribution >= 4 is 21.6 Å². The topological polar surface area (TPSA) is 66.5 Å². The van der Waals surface area contributed by atoms with Gasteiger partial charge in [-0.1, -0.05) is 25.5 Å². The van der Waals surface area contributed by atoms with Crippen molar-refractivity contribution in [2.75, 3.05) is 24.2 Å². The van der Waals surface area contributed by atoms with Gasteiger partial charge in [0.15, 0.2) is 0 Å². The lowest BCUT2D eigenvalue weighted by molar-refractivity contribution is -0.137. The van der Waals surface area contributed by atoms with Crippen LogP contribution in [0.2, 0.25) is 0 Å². The van der Waals surface area contributed by atoms with Crippen LogP contribution in [-0.4, -0.2) is 37.5 Å². The van der Waals surface area contributed by atoms with Gasteiger partial charge >= 0.3 is 6.18 Å². The molecule has 0 radical (unpaired) electrons. The van der Waals surface area contributed by atoms with Crippen LogP contribution in [0.25, 0.3) is 0 Å². The monoisotopic (exact) mass is 392 g/mol. The second-order valence-electron chi connectivity index (χ2n) is 6.40. The first-order valence-corrected chi connectivity index (χ1v) is 10.2. The van der Waals surface area contributed by atoms with Gasteiger partial charge in [0, 0.05) is 13.1 Å². The van der Waals surface area contributed by atoms with Crippen LogP contribution in [0.1, 0.15) is 38.2 Å². The number of alkyl halides is 3. The summed E-state index contributed by atoms with van der Waals surface area (Å²) in [5.41, 5.74) is -1.23. The Hall–Kier alpha value is -1.61. The molecular formula is C17H23F3N2O3S. The number of rotatable bonds is 6. The van der Waals surface area contributed by atoms with Crippen molar-refractivity contribution in [1.29, 1.82) is 0 Å². The van der Waals surface area contributed by atoms with Gasteiger partial charge in [0.05, 0.1) is 22.9 Å². The van der Waals surface area contributed by atoms with E-state index in [4.69, 9.17) is 0 Å². The third kappa shape index (κ3) is 5.20. The van der Waals surface area contributed by atoms with Crippen LogP contribution in [-0.2, 0) is 21.0 Å². The molecule has 1 aromatic carbocycles. The predicted molar refractivity (Wildman–Crippen MR) is 93.1 cm³/mol. The molecular weight excluding hydrogens is 369 g/mol. The normalized spacial score (nSPS) is 19.3. The second-order valence-corrected chi connectivity index (χ2v) is 8.49. The average molecular weight is 392 g/mol. The molecule has 1 aliphatic rings. The van der Waals surface area contributed by atoms with E-state index < -0.39 is 33.6 Å². The van der Waals surface area contributed by atoms with E-state index in [-0.39, 0.29) is 18.0 Å². The minimum Gasteiger partial charge on any atom is -0.325 e. The van der Waals surface area contributed by atoms with E-state index >= 15 is 0 Å². The smallest absolute Gasteiger partial charge is 0.325 e. The standard InChI is InChI=1S/C17H23F3N2O3S/c1-2-3-11-26(24,25)22-10-6-7-13(12-22)16(23)21-15-9-5-4-8-14(15)17(18,19)20/h4-5,8-9,13H,2-3,6-7,10-12H2,1H3,(H,21,23)/t13-/m1/s1. The summed E-state index contributed by atoms with van der Waals surface area (Å²) in [6, 6.07) is 4.76. The first-order chi connectivity index (χ1) is 12.1. The third-order valence-electron chi connectivity index (χ3n) is 4.39. The van der Waals surface area contributed by atoms with Gasteiger partial charge in [-0.2, -0.15) is 13.2 Å². The molecule has 1 N–H and O–H groups in total. The zero-order chi connectivity index (χ0) is 19.4. The lowest BCUT2D eigenvalue weighted by atomic mass is 9.98. The molecule has 1 aliphatic heterocycles. The number of amides is 1. The molecule has 0 aromatic heterocycles. The fraction of sp³-hybridized carbons (Fsp3) is 0.588. The molecule has 1 atom stereocenters. The van der Waals surface area contributed by atoms with Crippen LogP contribution in [0.5, 0.6) is 0 Å². The van der Waals surface area contributed by atoms with Crippen LogP contribution >= 0.6 is 0 Å². The van der Waals surface area contributed by atoms with Crippen LogP contribution < -0.4 is 5.32 Å². The van der Waals surface area contributed by atoms with Crippen LogP contribution in [0.4, 0.5) is 18.9 Å². The molecule has 9 heteroatoms. The van der Waals surface area contributed by atoms with Crippen LogP contribution in [0, 0.1) is 5.92 Å². The van der Waals surface area contributed by atoms with Crippen molar-refractivity contribution in [2.24, 2.45) is 5.92 Å². The van der Waals surface area contributed by atoms with E-state index in [2.05, 4.69) is 5.32 Å². The van der Waals surface area contributed by atoms with Gasteiger partial charge in [-0.15, -0.1) is 0 Å². The molecule has 1 amide bonds. The maximum atomic E-state index is 13.0. The SMILES string of the molecule is CCCCS(=O)(=O)N1CCC[C@@H](C(=O)Nc2ccccc2C(F)(F)F)C1. The lowest BCUT2D eigenvalue weighted by Crippen LogP contribution is -2.44. The minimum absolute atomic E-state index is 0.00602. The van der Waals surface area contributed by atoms with Crippen molar-refractivity contribution < 1.29 is 26.4 Å². The molecule has 1 heterocycles. The summed E-state index contributed by atoms with van der Waals surface area (Å²) >= 11 is 0. The Labute approximate surface area is 151 Å². The molecule has 26 heavy (non-hydrogen) atoms. The number of hydrogen-bond donors (Lipinski definition) is 1. The fourth-order valence-corrected chi connectivity index (χ4v) is 4.67. The Morgan fingerprint density at radius 1 is 1.31 bits per heavy atom. The van der Waals surface area contributed by atoms with E-state index in [0.717, 1.165) is 12.5 Å². The van der Waals surface area contributed by atoms with Crippen molar-refractivity contribution in [3.05, 3.63) is 29.8 Å². The summed E-state index contributed by atoms with van der Waals surface area (Å²) in [4.78, 5) is 12.4. The van der Waals surface area contributed by atoms with E-state index in [1.165, 1.54) is 22.5 Å². The Balaban J connectivity index is 2.09. The fourth-order valence-electron chi connectivity index (χ4n) is 2.94. The maximum Gasteiger partial charge on any atom is 0.418 e. The highest BCUT2D eigenvalue weighted by atomic mass is 32.2. The van der Waals surface area contributed by atoms with Crippen LogP contribution in [0.3, 0.4) is 0 Å². The maximum absolute atomic E-state index is 13.0. The summed E-state index contributed by atoms with van der Waals surface area (Å²) in [6.07, 6.45) is -2.35. The molecule has 0 unspecified atom stereocenters. The van der Waals surface area contributed by atoms with Crippen LogP contribution in [0.15, 0.2) is 24.3 Å². The summed E-state index contributed by atoms with van der Waals surface area (Å²) in [5.74, 6) is -1.23. The molecule has 2 rings (SSSR count). The number of unbranched alkanes of at least 4 members (excludes halogenated alkanes) is 1. The number of anilines is 1. The molecule has 0 spiro atoms. The zero-order valence-electron chi connectivity index (χ0n) is 14.6. The summed E-state index contributed by atoms with van der Waals surface area (Å²) < 4.78 is 65.0. The van der Waals surface area contributed by atoms with Crippen molar-refractivity contribution in [1.82, 2.24) is 4.31 Å². The van der Waals surface area contributed by atoms with Gasteiger partial charge < -0.3 is 5.32 Å². The molecule has 1 aromatic rings. The number of para-hydroxylation sites is 1. The van der Waals surface area contributed by atoms with Gasteiger partial charge in [0.1, 0.15) is 0 Å². The van der Waals surface area contributed by atoms with E-state index in [1.54, 1.807) is 0 Å². The molecule has 1 saturated heterocycles. The number of halogens is 3. The second kappa shape index (κ2) is 8.39. The molecule has 0 aliphatic carbocycles. The number of carbonyl (C=O) groups excluding carboxylic acids is 1. The van der Waals surface area contributed by atoms with Gasteiger partial charge in [-0.05, 0) is 31.4 Å².